The predicted molar refractivity (Wildman–Crippen MR) is 49.9 cm³/mol. The fourth-order valence-corrected chi connectivity index (χ4v) is 0. The van der Waals surface area contributed by atoms with Crippen LogP contribution in [0.5, 0.6) is 0 Å². The van der Waals surface area contributed by atoms with E-state index >= 15 is 0 Å². The Hall–Kier alpha value is 0.0338. The van der Waals surface area contributed by atoms with Gasteiger partial charge in [0.2, 0.25) is 0 Å². The van der Waals surface area contributed by atoms with Gasteiger partial charge in [-0.3, -0.25) is 8.92 Å². The van der Waals surface area contributed by atoms with E-state index in [-0.39, 0.29) is 29.7 Å². The third-order valence-electron chi connectivity index (χ3n) is 0. The second-order valence-corrected chi connectivity index (χ2v) is 0.250. The Labute approximate surface area is 65.4 Å². The summed E-state index contributed by atoms with van der Waals surface area (Å²) in [6, 6.07) is 0. The van der Waals surface area contributed by atoms with Gasteiger partial charge in [0.1, 0.15) is 0 Å². The summed E-state index contributed by atoms with van der Waals surface area (Å²) >= 11 is 0. The van der Waals surface area contributed by atoms with Crippen molar-refractivity contribution in [1.82, 2.24) is 0 Å². The average Bonchev–Trinajstić information content (AvgIpc) is 1.46. The van der Waals surface area contributed by atoms with Crippen molar-refractivity contribution in [2.75, 3.05) is 0 Å². The first kappa shape index (κ1) is 63.3. The molecule has 0 heterocycles. The van der Waals surface area contributed by atoms with E-state index < -0.39 is 9.29 Å². The van der Waals surface area contributed by atoms with Gasteiger partial charge >= 0.3 is 9.29 Å². The minimum atomic E-state index is -1.42. The minimum Gasteiger partial charge on any atom is -0.274 e. The molecule has 0 saturated heterocycles. The number of hydrogen-bond acceptors (Lipinski definition) is 2. The van der Waals surface area contributed by atoms with Crippen molar-refractivity contribution in [2.24, 2.45) is 0 Å². The van der Waals surface area contributed by atoms with Crippen LogP contribution in [0, 0.1) is 0 Å². The molecule has 0 aromatic carbocycles. The number of rotatable bonds is 0. The van der Waals surface area contributed by atoms with Gasteiger partial charge in [-0.05, 0) is 10.2 Å². The van der Waals surface area contributed by atoms with Crippen molar-refractivity contribution in [3.05, 3.63) is 0 Å². The molecule has 0 N–H and O–H groups in total. The van der Waals surface area contributed by atoms with E-state index in [1.165, 1.54) is 10.2 Å². The summed E-state index contributed by atoms with van der Waals surface area (Å²) in [5.74, 6) is 0. The lowest BCUT2D eigenvalue weighted by Gasteiger charge is -1.04. The molecular formula is C5H22O2Si2. The molecule has 0 radical (unpaired) electrons. The first-order valence-electron chi connectivity index (χ1n) is 1.41. The SMILES string of the molecule is C.C.C.C.C[SiH3].O=[Si]=O. The highest BCUT2D eigenvalue weighted by Crippen LogP contribution is 0.960. The maximum Gasteiger partial charge on any atom is 0.549 e. The van der Waals surface area contributed by atoms with Crippen LogP contribution >= 0.6 is 0 Å². The summed E-state index contributed by atoms with van der Waals surface area (Å²) in [6.45, 7) is 2.14. The lowest BCUT2D eigenvalue weighted by Crippen LogP contribution is -1.26. The Balaban J connectivity index is -0.00000000357. The van der Waals surface area contributed by atoms with E-state index in [1.54, 1.807) is 0 Å². The van der Waals surface area contributed by atoms with Crippen LogP contribution < -0.4 is 0 Å². The zero-order valence-corrected chi connectivity index (χ0v) is 6.32. The van der Waals surface area contributed by atoms with Gasteiger partial charge in [0.25, 0.3) is 0 Å². The molecule has 0 spiro atoms. The molecule has 0 unspecified atom stereocenters. The van der Waals surface area contributed by atoms with Crippen LogP contribution in [-0.2, 0) is 8.92 Å². The standard InChI is InChI=1S/CH6Si.4CH4.O2Si/c1-2;;;;;1-3-2/h1-2H3;4*1H4;. The minimum absolute atomic E-state index is 0. The maximum atomic E-state index is 8.40. The fourth-order valence-electron chi connectivity index (χ4n) is 0. The highest BCUT2D eigenvalue weighted by atomic mass is 28.2. The van der Waals surface area contributed by atoms with Crippen LogP contribution in [0.2, 0.25) is 6.55 Å². The van der Waals surface area contributed by atoms with Gasteiger partial charge < -0.3 is 0 Å². The highest BCUT2D eigenvalue weighted by molar-refractivity contribution is 6.05. The molecule has 0 aliphatic heterocycles. The maximum absolute atomic E-state index is 8.40. The predicted octanol–water partition coefficient (Wildman–Crippen LogP) is 1.33. The number of hydrogen-bond donors (Lipinski definition) is 0. The zero-order valence-electron chi connectivity index (χ0n) is 3.32. The highest BCUT2D eigenvalue weighted by Gasteiger charge is 1.22. The largest absolute Gasteiger partial charge is 0.549 e. The molecule has 0 fully saturated rings. The van der Waals surface area contributed by atoms with Crippen LogP contribution in [0.15, 0.2) is 0 Å². The second-order valence-electron chi connectivity index (χ2n) is 0.0833. The van der Waals surface area contributed by atoms with Crippen molar-refractivity contribution in [3.63, 3.8) is 0 Å². The van der Waals surface area contributed by atoms with Crippen LogP contribution in [0.3, 0.4) is 0 Å². The Kier molecular flexibility index (Phi) is 2620. The summed E-state index contributed by atoms with van der Waals surface area (Å²) in [4.78, 5) is 0. The van der Waals surface area contributed by atoms with Gasteiger partial charge in [0.05, 0.1) is 0 Å². The first-order chi connectivity index (χ1) is 2.41. The molecule has 0 aliphatic carbocycles. The van der Waals surface area contributed by atoms with Crippen molar-refractivity contribution >= 4 is 19.5 Å². The topological polar surface area (TPSA) is 34.1 Å². The Bertz CT molecular complexity index is 33.9. The van der Waals surface area contributed by atoms with Crippen LogP contribution in [0.4, 0.5) is 0 Å². The van der Waals surface area contributed by atoms with Gasteiger partial charge in [-0.2, -0.15) is 0 Å². The Morgan fingerprint density at radius 1 is 0.889 bits per heavy atom. The molecule has 0 bridgehead atoms. The van der Waals surface area contributed by atoms with E-state index in [4.69, 9.17) is 8.92 Å². The van der Waals surface area contributed by atoms with E-state index in [9.17, 15) is 0 Å². The van der Waals surface area contributed by atoms with E-state index in [0.29, 0.717) is 0 Å². The molecule has 0 aliphatic rings. The molecule has 0 aromatic heterocycles. The van der Waals surface area contributed by atoms with E-state index in [2.05, 4.69) is 6.55 Å². The Morgan fingerprint density at radius 2 is 0.889 bits per heavy atom. The summed E-state index contributed by atoms with van der Waals surface area (Å²) < 4.78 is 16.8. The van der Waals surface area contributed by atoms with Crippen molar-refractivity contribution in [1.29, 1.82) is 0 Å². The summed E-state index contributed by atoms with van der Waals surface area (Å²) in [7, 11) is -0.111. The molecule has 4 heteroatoms. The van der Waals surface area contributed by atoms with Crippen molar-refractivity contribution in [3.8, 4) is 0 Å². The van der Waals surface area contributed by atoms with Crippen molar-refractivity contribution in [2.45, 2.75) is 36.3 Å². The van der Waals surface area contributed by atoms with Gasteiger partial charge in [0.15, 0.2) is 0 Å². The smallest absolute Gasteiger partial charge is 0.274 e. The molecule has 0 atom stereocenters. The van der Waals surface area contributed by atoms with Crippen LogP contribution in [-0.4, -0.2) is 19.5 Å². The molecule has 2 nitrogen and oxygen atoms in total. The van der Waals surface area contributed by atoms with Crippen LogP contribution in [0.25, 0.3) is 0 Å². The third-order valence-corrected chi connectivity index (χ3v) is 0. The quantitative estimate of drug-likeness (QED) is 0.514. The zero-order chi connectivity index (χ0) is 4.71. The lowest BCUT2D eigenvalue weighted by molar-refractivity contribution is 0.497. The molecule has 0 amide bonds. The summed E-state index contributed by atoms with van der Waals surface area (Å²) in [5.41, 5.74) is 0. The van der Waals surface area contributed by atoms with E-state index in [1.807, 2.05) is 0 Å². The molecule has 9 heavy (non-hydrogen) atoms. The molecule has 62 valence electrons. The van der Waals surface area contributed by atoms with E-state index in [0.717, 1.165) is 0 Å². The van der Waals surface area contributed by atoms with Crippen LogP contribution in [0.1, 0.15) is 29.7 Å². The molecule has 0 aromatic rings. The lowest BCUT2D eigenvalue weighted by atomic mass is 11.9. The van der Waals surface area contributed by atoms with Gasteiger partial charge in [-0.25, -0.2) is 0 Å². The van der Waals surface area contributed by atoms with Crippen molar-refractivity contribution < 1.29 is 8.92 Å². The molecule has 0 saturated carbocycles. The summed E-state index contributed by atoms with van der Waals surface area (Å²) in [5, 5.41) is 0. The normalized spacial score (nSPS) is 1.89. The third kappa shape index (κ3) is 257000. The first-order valence-corrected chi connectivity index (χ1v) is 4.22. The van der Waals surface area contributed by atoms with Gasteiger partial charge in [-0.1, -0.05) is 36.3 Å². The Morgan fingerprint density at radius 3 is 0.889 bits per heavy atom. The van der Waals surface area contributed by atoms with Gasteiger partial charge in [0, 0.05) is 0 Å². The second kappa shape index (κ2) is 372. The monoisotopic (exact) mass is 170 g/mol. The molecule has 0 rings (SSSR count). The average molecular weight is 170 g/mol. The molecular weight excluding hydrogens is 148 g/mol. The fraction of sp³-hybridized carbons (Fsp3) is 1.00. The summed E-state index contributed by atoms with van der Waals surface area (Å²) in [6.07, 6.45) is 0. The van der Waals surface area contributed by atoms with Gasteiger partial charge in [-0.15, -0.1) is 0 Å².